The van der Waals surface area contributed by atoms with Gasteiger partial charge in [0.15, 0.2) is 0 Å². The van der Waals surface area contributed by atoms with E-state index in [0.717, 1.165) is 13.0 Å². The van der Waals surface area contributed by atoms with Gasteiger partial charge in [0.2, 0.25) is 0 Å². The van der Waals surface area contributed by atoms with E-state index in [-0.39, 0.29) is 0 Å². The Hall–Kier alpha value is 0.350. The van der Waals surface area contributed by atoms with Crippen molar-refractivity contribution < 1.29 is 9.56 Å². The summed E-state index contributed by atoms with van der Waals surface area (Å²) < 4.78 is 4.94. The lowest BCUT2D eigenvalue weighted by Gasteiger charge is -2.06. The molecule has 0 saturated carbocycles. The number of hydrogen-bond donors (Lipinski definition) is 0. The third-order valence-corrected chi connectivity index (χ3v) is 2.42. The third kappa shape index (κ3) is 4.21. The molecule has 1 unspecified atom stereocenters. The highest BCUT2D eigenvalue weighted by atomic mass is 31.1. The minimum atomic E-state index is 0.561. The molecule has 1 saturated heterocycles. The van der Waals surface area contributed by atoms with Gasteiger partial charge in [-0.25, -0.2) is 9.56 Å². The molecule has 0 bridgehead atoms. The number of hydrogen-bond acceptors (Lipinski definition) is 2. The van der Waals surface area contributed by atoms with Gasteiger partial charge >= 0.3 is 0 Å². The van der Waals surface area contributed by atoms with Crippen LogP contribution in [0.25, 0.3) is 0 Å². The van der Waals surface area contributed by atoms with Crippen molar-refractivity contribution in [1.82, 2.24) is 0 Å². The van der Waals surface area contributed by atoms with Gasteiger partial charge in [-0.1, -0.05) is 19.3 Å². The molecular formula is C7H15O2P. The van der Waals surface area contributed by atoms with E-state index in [2.05, 4.69) is 0 Å². The van der Waals surface area contributed by atoms with Crippen LogP contribution >= 0.6 is 8.81 Å². The molecule has 3 heteroatoms. The maximum atomic E-state index is 4.94. The van der Waals surface area contributed by atoms with Gasteiger partial charge in [0.25, 0.3) is 0 Å². The van der Waals surface area contributed by atoms with Gasteiger partial charge in [0, 0.05) is 0 Å². The van der Waals surface area contributed by atoms with Crippen LogP contribution in [0.4, 0.5) is 0 Å². The highest BCUT2D eigenvalue weighted by Crippen LogP contribution is 2.18. The van der Waals surface area contributed by atoms with Crippen LogP contribution in [-0.2, 0) is 9.56 Å². The van der Waals surface area contributed by atoms with E-state index in [9.17, 15) is 0 Å². The molecule has 60 valence electrons. The average Bonchev–Trinajstić information content (AvgIpc) is 2.01. The lowest BCUT2D eigenvalue weighted by Crippen LogP contribution is -1.94. The van der Waals surface area contributed by atoms with Crippen LogP contribution in [0.2, 0.25) is 0 Å². The fourth-order valence-electron chi connectivity index (χ4n) is 1.01. The Morgan fingerprint density at radius 3 is 2.70 bits per heavy atom. The SMILES string of the molecule is C1CCCOOPCCC1. The van der Waals surface area contributed by atoms with Gasteiger partial charge in [-0.05, 0) is 19.0 Å². The molecule has 0 aromatic rings. The summed E-state index contributed by atoms with van der Waals surface area (Å²) in [7, 11) is 0.561. The standard InChI is InChI=1S/C7H15O2P/c1-2-4-6-8-9-10-7-5-3-1/h10H,1-7H2. The largest absolute Gasteiger partial charge is 0.234 e. The molecule has 1 aliphatic heterocycles. The molecule has 10 heavy (non-hydrogen) atoms. The first-order chi connectivity index (χ1) is 5.00. The Kier molecular flexibility index (Phi) is 5.14. The van der Waals surface area contributed by atoms with E-state index in [1.807, 2.05) is 0 Å². The van der Waals surface area contributed by atoms with E-state index < -0.39 is 0 Å². The highest BCUT2D eigenvalue weighted by molar-refractivity contribution is 7.32. The molecule has 1 fully saturated rings. The van der Waals surface area contributed by atoms with Crippen LogP contribution in [0, 0.1) is 0 Å². The minimum Gasteiger partial charge on any atom is -0.234 e. The zero-order chi connectivity index (χ0) is 7.07. The summed E-state index contributed by atoms with van der Waals surface area (Å²) >= 11 is 0. The van der Waals surface area contributed by atoms with Gasteiger partial charge in [-0.3, -0.25) is 0 Å². The van der Waals surface area contributed by atoms with Crippen molar-refractivity contribution in [2.45, 2.75) is 32.1 Å². The molecule has 1 heterocycles. The van der Waals surface area contributed by atoms with Crippen molar-refractivity contribution >= 4 is 8.81 Å². The summed E-state index contributed by atoms with van der Waals surface area (Å²) in [6, 6.07) is 0. The van der Waals surface area contributed by atoms with E-state index in [1.165, 1.54) is 31.8 Å². The molecule has 0 aromatic carbocycles. The molecule has 2 nitrogen and oxygen atoms in total. The van der Waals surface area contributed by atoms with E-state index in [0.29, 0.717) is 8.81 Å². The van der Waals surface area contributed by atoms with Crippen LogP contribution in [0.5, 0.6) is 0 Å². The van der Waals surface area contributed by atoms with Crippen LogP contribution in [0.1, 0.15) is 32.1 Å². The second-order valence-electron chi connectivity index (χ2n) is 2.57. The zero-order valence-corrected chi connectivity index (χ0v) is 7.27. The van der Waals surface area contributed by atoms with Gasteiger partial charge in [0.1, 0.15) is 0 Å². The molecule has 0 aromatic heterocycles. The van der Waals surface area contributed by atoms with Gasteiger partial charge in [-0.15, -0.1) is 0 Å². The van der Waals surface area contributed by atoms with Crippen molar-refractivity contribution in [3.05, 3.63) is 0 Å². The van der Waals surface area contributed by atoms with Crippen molar-refractivity contribution in [1.29, 1.82) is 0 Å². The normalized spacial score (nSPS) is 26.4. The average molecular weight is 162 g/mol. The maximum absolute atomic E-state index is 4.94. The monoisotopic (exact) mass is 162 g/mol. The molecule has 1 aliphatic rings. The van der Waals surface area contributed by atoms with E-state index in [4.69, 9.17) is 9.56 Å². The highest BCUT2D eigenvalue weighted by Gasteiger charge is 1.96. The number of rotatable bonds is 0. The third-order valence-electron chi connectivity index (χ3n) is 1.62. The van der Waals surface area contributed by atoms with E-state index >= 15 is 0 Å². The van der Waals surface area contributed by atoms with Gasteiger partial charge in [-0.2, -0.15) is 0 Å². The van der Waals surface area contributed by atoms with Crippen molar-refractivity contribution in [2.75, 3.05) is 12.8 Å². The Labute approximate surface area is 64.1 Å². The Morgan fingerprint density at radius 2 is 1.70 bits per heavy atom. The molecule has 1 rings (SSSR count). The maximum Gasteiger partial charge on any atom is 0.0825 e. The van der Waals surface area contributed by atoms with Gasteiger partial charge in [0.05, 0.1) is 15.4 Å². The molecule has 0 aliphatic carbocycles. The fourth-order valence-corrected chi connectivity index (χ4v) is 1.66. The lowest BCUT2D eigenvalue weighted by molar-refractivity contribution is -0.196. The van der Waals surface area contributed by atoms with Gasteiger partial charge < -0.3 is 0 Å². The van der Waals surface area contributed by atoms with E-state index in [1.54, 1.807) is 0 Å². The molecule has 1 atom stereocenters. The van der Waals surface area contributed by atoms with Crippen LogP contribution in [0.3, 0.4) is 0 Å². The summed E-state index contributed by atoms with van der Waals surface area (Å²) in [4.78, 5) is 4.92. The summed E-state index contributed by atoms with van der Waals surface area (Å²) in [5.74, 6) is 0. The Morgan fingerprint density at radius 1 is 0.900 bits per heavy atom. The second kappa shape index (κ2) is 6.09. The molecule has 0 spiro atoms. The molecule has 0 N–H and O–H groups in total. The predicted molar refractivity (Wildman–Crippen MR) is 43.3 cm³/mol. The fraction of sp³-hybridized carbons (Fsp3) is 1.00. The lowest BCUT2D eigenvalue weighted by atomic mass is 10.2. The quantitative estimate of drug-likeness (QED) is 0.402. The molecule has 0 amide bonds. The van der Waals surface area contributed by atoms with Crippen molar-refractivity contribution in [2.24, 2.45) is 0 Å². The predicted octanol–water partition coefficient (Wildman–Crippen LogP) is 2.49. The molecule has 0 radical (unpaired) electrons. The first-order valence-electron chi connectivity index (χ1n) is 4.01. The molecular weight excluding hydrogens is 147 g/mol. The summed E-state index contributed by atoms with van der Waals surface area (Å²) in [5.41, 5.74) is 0. The smallest absolute Gasteiger partial charge is 0.0825 e. The zero-order valence-electron chi connectivity index (χ0n) is 6.27. The van der Waals surface area contributed by atoms with Crippen LogP contribution < -0.4 is 0 Å². The van der Waals surface area contributed by atoms with Crippen molar-refractivity contribution in [3.8, 4) is 0 Å². The minimum absolute atomic E-state index is 0.561. The summed E-state index contributed by atoms with van der Waals surface area (Å²) in [6.07, 6.45) is 7.68. The Balaban J connectivity index is 2.00. The van der Waals surface area contributed by atoms with Crippen LogP contribution in [-0.4, -0.2) is 12.8 Å². The first-order valence-corrected chi connectivity index (χ1v) is 5.13. The van der Waals surface area contributed by atoms with Crippen molar-refractivity contribution in [3.63, 3.8) is 0 Å². The topological polar surface area (TPSA) is 18.5 Å². The van der Waals surface area contributed by atoms with Crippen LogP contribution in [0.15, 0.2) is 0 Å². The summed E-state index contributed by atoms with van der Waals surface area (Å²) in [5, 5.41) is 0. The Bertz CT molecular complexity index is 44.8. The second-order valence-corrected chi connectivity index (χ2v) is 3.52. The summed E-state index contributed by atoms with van der Waals surface area (Å²) in [6.45, 7) is 0.785. The first kappa shape index (κ1) is 8.45.